The maximum atomic E-state index is 12.4. The van der Waals surface area contributed by atoms with Gasteiger partial charge in [0.25, 0.3) is 11.6 Å². The van der Waals surface area contributed by atoms with Gasteiger partial charge in [-0.1, -0.05) is 23.2 Å². The van der Waals surface area contributed by atoms with Crippen LogP contribution in [0.5, 0.6) is 0 Å². The van der Waals surface area contributed by atoms with Gasteiger partial charge in [-0.25, -0.2) is 4.98 Å². The maximum absolute atomic E-state index is 12.4. The molecule has 1 amide bonds. The number of nitrogens with two attached hydrogens (primary N) is 1. The Balaban J connectivity index is 1.93. The van der Waals surface area contributed by atoms with Crippen molar-refractivity contribution in [1.29, 1.82) is 0 Å². The van der Waals surface area contributed by atoms with Gasteiger partial charge in [-0.05, 0) is 24.3 Å². The number of amides is 1. The summed E-state index contributed by atoms with van der Waals surface area (Å²) in [6.07, 6.45) is 4.50. The molecule has 0 atom stereocenters. The Morgan fingerprint density at radius 2 is 1.92 bits per heavy atom. The van der Waals surface area contributed by atoms with Gasteiger partial charge in [0, 0.05) is 29.7 Å². The zero-order valence-corrected chi connectivity index (χ0v) is 14.5. The number of nitrogens with zero attached hydrogens (tertiary/aromatic N) is 3. The van der Waals surface area contributed by atoms with Crippen molar-refractivity contribution < 1.29 is 9.72 Å². The van der Waals surface area contributed by atoms with Crippen LogP contribution in [-0.4, -0.2) is 20.4 Å². The summed E-state index contributed by atoms with van der Waals surface area (Å²) in [4.78, 5) is 27.1. The Morgan fingerprint density at radius 3 is 2.50 bits per heavy atom. The summed E-state index contributed by atoms with van der Waals surface area (Å²) in [5, 5.41) is 14.3. The van der Waals surface area contributed by atoms with Crippen LogP contribution in [0.25, 0.3) is 5.69 Å². The minimum atomic E-state index is -0.566. The van der Waals surface area contributed by atoms with E-state index in [1.54, 1.807) is 6.20 Å². The number of rotatable bonds is 4. The van der Waals surface area contributed by atoms with Gasteiger partial charge in [-0.3, -0.25) is 14.9 Å². The summed E-state index contributed by atoms with van der Waals surface area (Å²) in [7, 11) is 0. The van der Waals surface area contributed by atoms with E-state index in [2.05, 4.69) is 10.3 Å². The predicted octanol–water partition coefficient (Wildman–Crippen LogP) is 3.92. The highest BCUT2D eigenvalue weighted by molar-refractivity contribution is 6.39. The number of nitrogen functional groups attached to an aromatic ring is 1. The number of nitro groups is 1. The molecule has 3 N–H and O–H groups in total. The van der Waals surface area contributed by atoms with Crippen LogP contribution >= 0.6 is 23.2 Å². The van der Waals surface area contributed by atoms with E-state index in [0.717, 1.165) is 0 Å². The van der Waals surface area contributed by atoms with Crippen molar-refractivity contribution in [1.82, 2.24) is 9.55 Å². The molecular formula is C16H11Cl2N5O3. The van der Waals surface area contributed by atoms with Gasteiger partial charge in [0.15, 0.2) is 0 Å². The number of hydrogen-bond donors (Lipinski definition) is 2. The Bertz CT molecular complexity index is 982. The third-order valence-electron chi connectivity index (χ3n) is 3.55. The fourth-order valence-corrected chi connectivity index (χ4v) is 2.78. The van der Waals surface area contributed by atoms with Gasteiger partial charge in [0.2, 0.25) is 0 Å². The number of anilines is 2. The molecule has 3 aromatic rings. The topological polar surface area (TPSA) is 116 Å². The number of imidazole rings is 1. The molecule has 0 radical (unpaired) electrons. The Morgan fingerprint density at radius 1 is 1.23 bits per heavy atom. The molecule has 1 aromatic heterocycles. The molecule has 0 aliphatic carbocycles. The third kappa shape index (κ3) is 3.46. The Kier molecular flexibility index (Phi) is 4.79. The molecule has 3 rings (SSSR count). The number of carbonyl (C=O) groups excluding carboxylic acids is 1. The van der Waals surface area contributed by atoms with E-state index in [-0.39, 0.29) is 27.0 Å². The molecule has 2 aromatic carbocycles. The molecule has 10 heteroatoms. The first-order valence-electron chi connectivity index (χ1n) is 7.19. The lowest BCUT2D eigenvalue weighted by Crippen LogP contribution is -2.13. The van der Waals surface area contributed by atoms with E-state index >= 15 is 0 Å². The Hall–Kier alpha value is -3.10. The first-order chi connectivity index (χ1) is 12.4. The number of aromatic nitrogens is 2. The highest BCUT2D eigenvalue weighted by Gasteiger charge is 2.19. The van der Waals surface area contributed by atoms with Gasteiger partial charge >= 0.3 is 0 Å². The lowest BCUT2D eigenvalue weighted by atomic mass is 10.1. The number of carbonyl (C=O) groups is 1. The van der Waals surface area contributed by atoms with Crippen molar-refractivity contribution >= 4 is 46.2 Å². The number of hydrogen-bond acceptors (Lipinski definition) is 5. The normalized spacial score (nSPS) is 10.5. The second-order valence-electron chi connectivity index (χ2n) is 5.24. The van der Waals surface area contributed by atoms with E-state index in [1.165, 1.54) is 47.4 Å². The molecular weight excluding hydrogens is 381 g/mol. The number of halogens is 2. The average Bonchev–Trinajstić information content (AvgIpc) is 3.13. The van der Waals surface area contributed by atoms with Crippen molar-refractivity contribution in [3.05, 3.63) is 74.8 Å². The predicted molar refractivity (Wildman–Crippen MR) is 99.0 cm³/mol. The van der Waals surface area contributed by atoms with Crippen molar-refractivity contribution in [2.24, 2.45) is 0 Å². The van der Waals surface area contributed by atoms with Crippen LogP contribution in [0.3, 0.4) is 0 Å². The minimum absolute atomic E-state index is 0.102. The van der Waals surface area contributed by atoms with E-state index in [1.807, 2.05) is 0 Å². The monoisotopic (exact) mass is 391 g/mol. The fourth-order valence-electron chi connectivity index (χ4n) is 2.29. The lowest BCUT2D eigenvalue weighted by molar-refractivity contribution is -0.384. The average molecular weight is 392 g/mol. The maximum Gasteiger partial charge on any atom is 0.294 e. The molecule has 0 unspecified atom stereocenters. The number of nitrogens with one attached hydrogen (secondary N) is 1. The second-order valence-corrected chi connectivity index (χ2v) is 6.05. The van der Waals surface area contributed by atoms with E-state index in [0.29, 0.717) is 11.4 Å². The van der Waals surface area contributed by atoms with Crippen LogP contribution in [0.4, 0.5) is 17.1 Å². The molecule has 0 saturated heterocycles. The van der Waals surface area contributed by atoms with Gasteiger partial charge in [-0.2, -0.15) is 0 Å². The number of benzene rings is 2. The molecule has 0 aliphatic heterocycles. The fraction of sp³-hybridized carbons (Fsp3) is 0. The quantitative estimate of drug-likeness (QED) is 0.397. The Labute approximate surface area is 157 Å². The van der Waals surface area contributed by atoms with Crippen LogP contribution in [-0.2, 0) is 0 Å². The molecule has 0 aliphatic rings. The van der Waals surface area contributed by atoms with Crippen LogP contribution in [0.2, 0.25) is 10.0 Å². The van der Waals surface area contributed by atoms with Crippen LogP contribution in [0.1, 0.15) is 10.4 Å². The second kappa shape index (κ2) is 7.03. The summed E-state index contributed by atoms with van der Waals surface area (Å²) in [5.41, 5.74) is 6.33. The smallest absolute Gasteiger partial charge is 0.294 e. The summed E-state index contributed by atoms with van der Waals surface area (Å²) in [6, 6.07) is 7.00. The molecule has 0 saturated carbocycles. The molecule has 0 fully saturated rings. The van der Waals surface area contributed by atoms with Gasteiger partial charge in [-0.15, -0.1) is 0 Å². The third-order valence-corrected chi connectivity index (χ3v) is 4.18. The summed E-state index contributed by atoms with van der Waals surface area (Å²) >= 11 is 11.9. The first-order valence-corrected chi connectivity index (χ1v) is 7.95. The molecule has 132 valence electrons. The van der Waals surface area contributed by atoms with E-state index in [9.17, 15) is 14.9 Å². The first kappa shape index (κ1) is 17.7. The zero-order chi connectivity index (χ0) is 18.8. The minimum Gasteiger partial charge on any atom is -0.396 e. The molecule has 0 spiro atoms. The van der Waals surface area contributed by atoms with Gasteiger partial charge < -0.3 is 15.6 Å². The van der Waals surface area contributed by atoms with Crippen LogP contribution < -0.4 is 11.1 Å². The summed E-state index contributed by atoms with van der Waals surface area (Å²) < 4.78 is 1.49. The van der Waals surface area contributed by atoms with Crippen LogP contribution in [0.15, 0.2) is 49.1 Å². The standard InChI is InChI=1S/C16H11Cl2N5O3/c17-11-6-10(7-12(18)15(11)19)21-16(24)9-1-2-13(14(5-9)23(25)26)22-4-3-20-8-22/h1-8H,19H2,(H,21,24). The summed E-state index contributed by atoms with van der Waals surface area (Å²) in [5.74, 6) is -0.554. The lowest BCUT2D eigenvalue weighted by Gasteiger charge is -2.10. The molecule has 0 bridgehead atoms. The van der Waals surface area contributed by atoms with Crippen molar-refractivity contribution in [3.63, 3.8) is 0 Å². The molecule has 26 heavy (non-hydrogen) atoms. The highest BCUT2D eigenvalue weighted by Crippen LogP contribution is 2.31. The molecule has 8 nitrogen and oxygen atoms in total. The van der Waals surface area contributed by atoms with Crippen molar-refractivity contribution in [3.8, 4) is 5.69 Å². The van der Waals surface area contributed by atoms with Gasteiger partial charge in [0.1, 0.15) is 5.69 Å². The van der Waals surface area contributed by atoms with Crippen molar-refractivity contribution in [2.75, 3.05) is 11.1 Å². The highest BCUT2D eigenvalue weighted by atomic mass is 35.5. The van der Waals surface area contributed by atoms with E-state index in [4.69, 9.17) is 28.9 Å². The largest absolute Gasteiger partial charge is 0.396 e. The molecule has 1 heterocycles. The van der Waals surface area contributed by atoms with Crippen LogP contribution in [0, 0.1) is 10.1 Å². The SMILES string of the molecule is Nc1c(Cl)cc(NC(=O)c2ccc(-n3ccnc3)c([N+](=O)[O-])c2)cc1Cl. The van der Waals surface area contributed by atoms with Gasteiger partial charge in [0.05, 0.1) is 27.0 Å². The van der Waals surface area contributed by atoms with E-state index < -0.39 is 10.8 Å². The number of nitro benzene ring substituents is 1. The summed E-state index contributed by atoms with van der Waals surface area (Å²) in [6.45, 7) is 0. The zero-order valence-electron chi connectivity index (χ0n) is 13.0. The van der Waals surface area contributed by atoms with Crippen molar-refractivity contribution in [2.45, 2.75) is 0 Å².